The fraction of sp³-hybridized carbons (Fsp3) is 0.333. The topological polar surface area (TPSA) is 48.5 Å². The van der Waals surface area contributed by atoms with Crippen LogP contribution in [0.2, 0.25) is 0 Å². The van der Waals surface area contributed by atoms with E-state index >= 15 is 0 Å². The highest BCUT2D eigenvalue weighted by molar-refractivity contribution is 7.98. The molecular formula is C24H28N4OS2. The third-order valence-electron chi connectivity index (χ3n) is 5.38. The average Bonchev–Trinajstić information content (AvgIpc) is 3.24. The molecule has 4 rings (SSSR count). The van der Waals surface area contributed by atoms with Crippen LogP contribution >= 0.6 is 23.1 Å². The van der Waals surface area contributed by atoms with Crippen molar-refractivity contribution >= 4 is 34.7 Å². The van der Waals surface area contributed by atoms with Crippen LogP contribution in [0.25, 0.3) is 0 Å². The molecule has 2 aromatic carbocycles. The van der Waals surface area contributed by atoms with Crippen LogP contribution in [-0.2, 0) is 5.75 Å². The lowest BCUT2D eigenvalue weighted by Crippen LogP contribution is -2.48. The molecule has 31 heavy (non-hydrogen) atoms. The van der Waals surface area contributed by atoms with Crippen molar-refractivity contribution in [3.63, 3.8) is 0 Å². The summed E-state index contributed by atoms with van der Waals surface area (Å²) in [5, 5.41) is 6.27. The molecule has 7 heteroatoms. The number of benzene rings is 2. The molecule has 3 aromatic rings. The Kier molecular flexibility index (Phi) is 7.61. The highest BCUT2D eigenvalue weighted by Crippen LogP contribution is 2.26. The number of anilines is 1. The number of nitrogens with one attached hydrogen (secondary N) is 1. The minimum absolute atomic E-state index is 0.000444. The maximum absolute atomic E-state index is 12.8. The van der Waals surface area contributed by atoms with Crippen molar-refractivity contribution in [2.75, 3.05) is 44.2 Å². The van der Waals surface area contributed by atoms with Gasteiger partial charge in [-0.25, -0.2) is 4.98 Å². The van der Waals surface area contributed by atoms with E-state index in [4.69, 9.17) is 0 Å². The first-order valence-electron chi connectivity index (χ1n) is 10.6. The number of para-hydroxylation sites is 1. The summed E-state index contributed by atoms with van der Waals surface area (Å²) in [5.74, 6) is 0.779. The molecule has 1 aliphatic heterocycles. The van der Waals surface area contributed by atoms with E-state index in [1.165, 1.54) is 5.69 Å². The van der Waals surface area contributed by atoms with E-state index in [-0.39, 0.29) is 5.91 Å². The van der Waals surface area contributed by atoms with Gasteiger partial charge in [-0.05, 0) is 31.2 Å². The maximum atomic E-state index is 12.8. The SMILES string of the molecule is Cc1nc(CSc2ccccc2C(=O)NCCN2CCN(c3ccccc3)CC2)cs1. The van der Waals surface area contributed by atoms with Crippen molar-refractivity contribution in [2.24, 2.45) is 0 Å². The summed E-state index contributed by atoms with van der Waals surface area (Å²) in [4.78, 5) is 23.2. The Morgan fingerprint density at radius 3 is 2.55 bits per heavy atom. The number of thiazole rings is 1. The van der Waals surface area contributed by atoms with Gasteiger partial charge < -0.3 is 10.2 Å². The van der Waals surface area contributed by atoms with Gasteiger partial charge in [0.2, 0.25) is 0 Å². The number of rotatable bonds is 8. The Bertz CT molecular complexity index is 984. The van der Waals surface area contributed by atoms with Gasteiger partial charge in [-0.3, -0.25) is 9.69 Å². The molecule has 0 radical (unpaired) electrons. The highest BCUT2D eigenvalue weighted by atomic mass is 32.2. The monoisotopic (exact) mass is 452 g/mol. The van der Waals surface area contributed by atoms with E-state index in [0.717, 1.165) is 59.6 Å². The van der Waals surface area contributed by atoms with Crippen LogP contribution in [0.15, 0.2) is 64.9 Å². The molecule has 0 atom stereocenters. The molecule has 5 nitrogen and oxygen atoms in total. The molecule has 1 N–H and O–H groups in total. The van der Waals surface area contributed by atoms with E-state index in [1.54, 1.807) is 23.1 Å². The third-order valence-corrected chi connectivity index (χ3v) is 7.31. The largest absolute Gasteiger partial charge is 0.369 e. The number of hydrogen-bond donors (Lipinski definition) is 1. The molecule has 1 saturated heterocycles. The van der Waals surface area contributed by atoms with Crippen molar-refractivity contribution in [1.82, 2.24) is 15.2 Å². The third kappa shape index (κ3) is 6.09. The molecule has 0 saturated carbocycles. The zero-order chi connectivity index (χ0) is 21.5. The van der Waals surface area contributed by atoms with Gasteiger partial charge in [0.15, 0.2) is 0 Å². The molecule has 0 unspecified atom stereocenters. The zero-order valence-corrected chi connectivity index (χ0v) is 19.4. The summed E-state index contributed by atoms with van der Waals surface area (Å²) in [7, 11) is 0. The lowest BCUT2D eigenvalue weighted by Gasteiger charge is -2.36. The van der Waals surface area contributed by atoms with E-state index < -0.39 is 0 Å². The summed E-state index contributed by atoms with van der Waals surface area (Å²) in [5.41, 5.74) is 3.10. The molecule has 1 amide bonds. The van der Waals surface area contributed by atoms with Crippen LogP contribution in [-0.4, -0.2) is 55.1 Å². The number of carbonyl (C=O) groups is 1. The quantitative estimate of drug-likeness (QED) is 0.517. The number of carbonyl (C=O) groups excluding carboxylic acids is 1. The Morgan fingerprint density at radius 2 is 1.81 bits per heavy atom. The lowest BCUT2D eigenvalue weighted by molar-refractivity contribution is 0.0945. The molecule has 0 aliphatic carbocycles. The van der Waals surface area contributed by atoms with E-state index in [9.17, 15) is 4.79 Å². The van der Waals surface area contributed by atoms with Crippen LogP contribution in [0, 0.1) is 6.92 Å². The smallest absolute Gasteiger partial charge is 0.252 e. The van der Waals surface area contributed by atoms with Gasteiger partial charge in [-0.15, -0.1) is 23.1 Å². The van der Waals surface area contributed by atoms with Crippen molar-refractivity contribution in [3.8, 4) is 0 Å². The fourth-order valence-electron chi connectivity index (χ4n) is 3.70. The number of aryl methyl sites for hydroxylation is 1. The predicted molar refractivity (Wildman–Crippen MR) is 130 cm³/mol. The zero-order valence-electron chi connectivity index (χ0n) is 17.8. The minimum Gasteiger partial charge on any atom is -0.369 e. The van der Waals surface area contributed by atoms with Crippen LogP contribution in [0.5, 0.6) is 0 Å². The Labute approximate surface area is 192 Å². The number of piperazine rings is 1. The summed E-state index contributed by atoms with van der Waals surface area (Å²) in [6.45, 7) is 7.63. The Morgan fingerprint density at radius 1 is 1.06 bits per heavy atom. The van der Waals surface area contributed by atoms with Crippen molar-refractivity contribution in [3.05, 3.63) is 76.2 Å². The molecule has 1 fully saturated rings. The van der Waals surface area contributed by atoms with Gasteiger partial charge in [0.25, 0.3) is 5.91 Å². The molecule has 1 aromatic heterocycles. The predicted octanol–water partition coefficient (Wildman–Crippen LogP) is 4.30. The van der Waals surface area contributed by atoms with Gasteiger partial charge >= 0.3 is 0 Å². The van der Waals surface area contributed by atoms with Crippen LogP contribution < -0.4 is 10.2 Å². The molecule has 0 bridgehead atoms. The molecule has 162 valence electrons. The maximum Gasteiger partial charge on any atom is 0.252 e. The van der Waals surface area contributed by atoms with Crippen LogP contribution in [0.3, 0.4) is 0 Å². The second kappa shape index (κ2) is 10.8. The Balaban J connectivity index is 1.23. The molecule has 1 aliphatic rings. The van der Waals surface area contributed by atoms with Gasteiger partial charge in [0.05, 0.1) is 16.3 Å². The van der Waals surface area contributed by atoms with Gasteiger partial charge in [0, 0.05) is 61.0 Å². The first kappa shape index (κ1) is 21.9. The first-order chi connectivity index (χ1) is 15.2. The Hall–Kier alpha value is -2.35. The second-order valence-electron chi connectivity index (χ2n) is 7.56. The van der Waals surface area contributed by atoms with Gasteiger partial charge in [-0.2, -0.15) is 0 Å². The number of nitrogens with zero attached hydrogens (tertiary/aromatic N) is 3. The van der Waals surface area contributed by atoms with E-state index in [0.29, 0.717) is 6.54 Å². The first-order valence-corrected chi connectivity index (χ1v) is 12.5. The summed E-state index contributed by atoms with van der Waals surface area (Å²) >= 11 is 3.33. The lowest BCUT2D eigenvalue weighted by atomic mass is 10.2. The van der Waals surface area contributed by atoms with Crippen LogP contribution in [0.1, 0.15) is 21.1 Å². The van der Waals surface area contributed by atoms with Crippen molar-refractivity contribution in [1.29, 1.82) is 0 Å². The van der Waals surface area contributed by atoms with Gasteiger partial charge in [0.1, 0.15) is 0 Å². The van der Waals surface area contributed by atoms with Crippen molar-refractivity contribution in [2.45, 2.75) is 17.6 Å². The number of amides is 1. The number of aromatic nitrogens is 1. The molecule has 0 spiro atoms. The molecular weight excluding hydrogens is 424 g/mol. The van der Waals surface area contributed by atoms with E-state index in [2.05, 4.69) is 55.8 Å². The number of thioether (sulfide) groups is 1. The highest BCUT2D eigenvalue weighted by Gasteiger charge is 2.17. The fourth-order valence-corrected chi connectivity index (χ4v) is 5.36. The number of hydrogen-bond acceptors (Lipinski definition) is 6. The molecule has 2 heterocycles. The minimum atomic E-state index is 0.000444. The average molecular weight is 453 g/mol. The van der Waals surface area contributed by atoms with Crippen LogP contribution in [0.4, 0.5) is 5.69 Å². The van der Waals surface area contributed by atoms with E-state index in [1.807, 2.05) is 31.2 Å². The van der Waals surface area contributed by atoms with Gasteiger partial charge in [-0.1, -0.05) is 30.3 Å². The summed E-state index contributed by atoms with van der Waals surface area (Å²) < 4.78 is 0. The summed E-state index contributed by atoms with van der Waals surface area (Å²) in [6, 6.07) is 18.4. The normalized spacial score (nSPS) is 14.5. The summed E-state index contributed by atoms with van der Waals surface area (Å²) in [6.07, 6.45) is 0. The van der Waals surface area contributed by atoms with Crippen molar-refractivity contribution < 1.29 is 4.79 Å². The standard InChI is InChI=1S/C24H28N4OS2/c1-19-26-20(17-30-19)18-31-23-10-6-5-9-22(23)24(29)25-11-12-27-13-15-28(16-14-27)21-7-3-2-4-8-21/h2-10,17H,11-16,18H2,1H3,(H,25,29). The second-order valence-corrected chi connectivity index (χ2v) is 9.64.